The summed E-state index contributed by atoms with van der Waals surface area (Å²) in [5, 5.41) is 2.96. The number of rotatable bonds is 1. The van der Waals surface area contributed by atoms with Crippen LogP contribution in [0.2, 0.25) is 0 Å². The Morgan fingerprint density at radius 3 is 2.95 bits per heavy atom. The molecule has 3 heteroatoms. The molecule has 0 aliphatic carbocycles. The highest BCUT2D eigenvalue weighted by Gasteiger charge is 2.25. The molecule has 3 nitrogen and oxygen atoms in total. The van der Waals surface area contributed by atoms with Crippen LogP contribution in [0.15, 0.2) is 24.3 Å². The number of nitrogens with zero attached hydrogens (tertiary/aromatic N) is 1. The first-order valence-electron chi connectivity index (χ1n) is 7.24. The van der Waals surface area contributed by atoms with Gasteiger partial charge in [-0.25, -0.2) is 4.79 Å². The highest BCUT2D eigenvalue weighted by Crippen LogP contribution is 2.21. The first-order valence-corrected chi connectivity index (χ1v) is 7.24. The van der Waals surface area contributed by atoms with Crippen molar-refractivity contribution in [2.75, 3.05) is 11.9 Å². The topological polar surface area (TPSA) is 32.3 Å². The molecule has 1 aromatic rings. The first kappa shape index (κ1) is 14.5. The summed E-state index contributed by atoms with van der Waals surface area (Å²) in [6.45, 7) is 5.15. The largest absolute Gasteiger partial charge is 0.322 e. The lowest BCUT2D eigenvalue weighted by Crippen LogP contribution is -2.42. The minimum absolute atomic E-state index is 0.0274. The van der Waals surface area contributed by atoms with Crippen LogP contribution in [0.4, 0.5) is 10.5 Å². The minimum Gasteiger partial charge on any atom is -0.322 e. The molecule has 1 aromatic carbocycles. The van der Waals surface area contributed by atoms with Gasteiger partial charge in [0, 0.05) is 23.8 Å². The van der Waals surface area contributed by atoms with Crippen molar-refractivity contribution in [3.8, 4) is 12.3 Å². The van der Waals surface area contributed by atoms with E-state index in [1.54, 1.807) is 0 Å². The third-order valence-electron chi connectivity index (χ3n) is 3.90. The third-order valence-corrected chi connectivity index (χ3v) is 3.90. The average Bonchev–Trinajstić information content (AvgIpc) is 2.60. The molecular formula is C17H22N2O. The summed E-state index contributed by atoms with van der Waals surface area (Å²) >= 11 is 0. The Morgan fingerprint density at radius 2 is 2.20 bits per heavy atom. The number of urea groups is 1. The standard InChI is InChI=1S/C17H22N2O/c1-4-15-9-6-10-16(11-15)18-17(20)19-12-13(2)7-5-8-14(19)3/h1,6,9-11,13-14H,5,7-8,12H2,2-3H3,(H,18,20)/t13-,14-/m1/s1. The van der Waals surface area contributed by atoms with Gasteiger partial charge in [0.15, 0.2) is 0 Å². The van der Waals surface area contributed by atoms with E-state index in [9.17, 15) is 4.79 Å². The third kappa shape index (κ3) is 3.54. The van der Waals surface area contributed by atoms with Crippen molar-refractivity contribution in [3.63, 3.8) is 0 Å². The van der Waals surface area contributed by atoms with Crippen molar-refractivity contribution in [2.24, 2.45) is 5.92 Å². The number of carbonyl (C=O) groups is 1. The van der Waals surface area contributed by atoms with E-state index in [1.165, 1.54) is 12.8 Å². The normalized spacial score (nSPS) is 22.8. The van der Waals surface area contributed by atoms with Gasteiger partial charge in [-0.2, -0.15) is 0 Å². The maximum Gasteiger partial charge on any atom is 0.322 e. The Hall–Kier alpha value is -1.95. The Balaban J connectivity index is 2.08. The molecule has 2 amide bonds. The van der Waals surface area contributed by atoms with Gasteiger partial charge >= 0.3 is 6.03 Å². The van der Waals surface area contributed by atoms with Crippen LogP contribution >= 0.6 is 0 Å². The SMILES string of the molecule is C#Cc1cccc(NC(=O)N2C[C@H](C)CCC[C@H]2C)c1. The van der Waals surface area contributed by atoms with Crippen LogP contribution in [-0.4, -0.2) is 23.5 Å². The van der Waals surface area contributed by atoms with Gasteiger partial charge in [-0.3, -0.25) is 0 Å². The Bertz CT molecular complexity index is 518. The molecule has 0 radical (unpaired) electrons. The zero-order valence-corrected chi connectivity index (χ0v) is 12.2. The number of benzene rings is 1. The summed E-state index contributed by atoms with van der Waals surface area (Å²) in [6.07, 6.45) is 8.84. The number of nitrogens with one attached hydrogen (secondary N) is 1. The zero-order valence-electron chi connectivity index (χ0n) is 12.2. The molecule has 0 saturated carbocycles. The van der Waals surface area contributed by atoms with E-state index in [-0.39, 0.29) is 12.1 Å². The predicted octanol–water partition coefficient (Wildman–Crippen LogP) is 3.71. The Morgan fingerprint density at radius 1 is 1.40 bits per heavy atom. The lowest BCUT2D eigenvalue weighted by molar-refractivity contribution is 0.187. The molecule has 0 unspecified atom stereocenters. The van der Waals surface area contributed by atoms with Gasteiger partial charge in [-0.05, 0) is 43.9 Å². The fraction of sp³-hybridized carbons (Fsp3) is 0.471. The van der Waals surface area contributed by atoms with Crippen LogP contribution in [0, 0.1) is 18.3 Å². The van der Waals surface area contributed by atoms with Crippen molar-refractivity contribution in [2.45, 2.75) is 39.2 Å². The fourth-order valence-corrected chi connectivity index (χ4v) is 2.69. The number of anilines is 1. The lowest BCUT2D eigenvalue weighted by atomic mass is 10.1. The number of hydrogen-bond acceptors (Lipinski definition) is 1. The Kier molecular flexibility index (Phi) is 4.68. The van der Waals surface area contributed by atoms with Crippen molar-refractivity contribution in [3.05, 3.63) is 29.8 Å². The van der Waals surface area contributed by atoms with Gasteiger partial charge in [0.1, 0.15) is 0 Å². The molecule has 106 valence electrons. The lowest BCUT2D eigenvalue weighted by Gasteiger charge is -2.28. The quantitative estimate of drug-likeness (QED) is 0.775. The molecule has 1 saturated heterocycles. The van der Waals surface area contributed by atoms with E-state index in [0.29, 0.717) is 5.92 Å². The summed E-state index contributed by atoms with van der Waals surface area (Å²) in [5.74, 6) is 3.14. The number of terminal acetylenes is 1. The molecule has 0 bridgehead atoms. The van der Waals surface area contributed by atoms with Crippen LogP contribution in [-0.2, 0) is 0 Å². The summed E-state index contributed by atoms with van der Waals surface area (Å²) in [5.41, 5.74) is 1.54. The van der Waals surface area contributed by atoms with E-state index < -0.39 is 0 Å². The second-order valence-corrected chi connectivity index (χ2v) is 5.69. The van der Waals surface area contributed by atoms with Crippen LogP contribution in [0.3, 0.4) is 0 Å². The van der Waals surface area contributed by atoms with Crippen LogP contribution in [0.5, 0.6) is 0 Å². The first-order chi connectivity index (χ1) is 9.60. The van der Waals surface area contributed by atoms with Gasteiger partial charge in [-0.15, -0.1) is 6.42 Å². The molecule has 1 heterocycles. The van der Waals surface area contributed by atoms with E-state index in [1.807, 2.05) is 29.2 Å². The molecule has 1 N–H and O–H groups in total. The predicted molar refractivity (Wildman–Crippen MR) is 82.6 cm³/mol. The zero-order chi connectivity index (χ0) is 14.5. The molecule has 20 heavy (non-hydrogen) atoms. The second kappa shape index (κ2) is 6.47. The molecule has 2 atom stereocenters. The number of amides is 2. The number of carbonyl (C=O) groups excluding carboxylic acids is 1. The van der Waals surface area contributed by atoms with Crippen molar-refractivity contribution < 1.29 is 4.79 Å². The van der Waals surface area contributed by atoms with Gasteiger partial charge in [0.05, 0.1) is 0 Å². The molecule has 0 aromatic heterocycles. The van der Waals surface area contributed by atoms with Crippen LogP contribution < -0.4 is 5.32 Å². The summed E-state index contributed by atoms with van der Waals surface area (Å²) in [7, 11) is 0. The molecule has 1 aliphatic heterocycles. The summed E-state index contributed by atoms with van der Waals surface area (Å²) in [4.78, 5) is 14.4. The van der Waals surface area contributed by atoms with E-state index >= 15 is 0 Å². The second-order valence-electron chi connectivity index (χ2n) is 5.69. The minimum atomic E-state index is -0.0274. The molecule has 0 spiro atoms. The monoisotopic (exact) mass is 270 g/mol. The van der Waals surface area contributed by atoms with Gasteiger partial charge in [0.25, 0.3) is 0 Å². The number of hydrogen-bond donors (Lipinski definition) is 1. The maximum atomic E-state index is 12.4. The van der Waals surface area contributed by atoms with Crippen molar-refractivity contribution in [1.29, 1.82) is 0 Å². The van der Waals surface area contributed by atoms with Gasteiger partial charge < -0.3 is 10.2 Å². The molecule has 2 rings (SSSR count). The van der Waals surface area contributed by atoms with E-state index in [0.717, 1.165) is 24.2 Å². The van der Waals surface area contributed by atoms with Crippen molar-refractivity contribution >= 4 is 11.7 Å². The summed E-state index contributed by atoms with van der Waals surface area (Å²) in [6, 6.07) is 7.66. The van der Waals surface area contributed by atoms with Crippen LogP contribution in [0.1, 0.15) is 38.7 Å². The highest BCUT2D eigenvalue weighted by atomic mass is 16.2. The average molecular weight is 270 g/mol. The summed E-state index contributed by atoms with van der Waals surface area (Å²) < 4.78 is 0. The smallest absolute Gasteiger partial charge is 0.322 e. The van der Waals surface area contributed by atoms with Gasteiger partial charge in [0.2, 0.25) is 0 Å². The van der Waals surface area contributed by atoms with E-state index in [4.69, 9.17) is 6.42 Å². The fourth-order valence-electron chi connectivity index (χ4n) is 2.69. The van der Waals surface area contributed by atoms with Crippen LogP contribution in [0.25, 0.3) is 0 Å². The van der Waals surface area contributed by atoms with Crippen molar-refractivity contribution in [1.82, 2.24) is 4.90 Å². The Labute approximate surface area is 121 Å². The van der Waals surface area contributed by atoms with Gasteiger partial charge in [-0.1, -0.05) is 25.3 Å². The highest BCUT2D eigenvalue weighted by molar-refractivity contribution is 5.89. The maximum absolute atomic E-state index is 12.4. The van der Waals surface area contributed by atoms with E-state index in [2.05, 4.69) is 25.1 Å². The number of likely N-dealkylation sites (tertiary alicyclic amines) is 1. The molecule has 1 fully saturated rings. The molecule has 1 aliphatic rings. The molecular weight excluding hydrogens is 248 g/mol.